The van der Waals surface area contributed by atoms with Gasteiger partial charge in [-0.25, -0.2) is 0 Å². The summed E-state index contributed by atoms with van der Waals surface area (Å²) in [5.74, 6) is 0. The molecule has 0 saturated heterocycles. The fourth-order valence-electron chi connectivity index (χ4n) is 1.12. The minimum atomic E-state index is 0.357. The molecular weight excluding hydrogens is 134 g/mol. The second-order valence-electron chi connectivity index (χ2n) is 4.03. The standard InChI is InChI=1S/C10H23N/c1-7-9(3)11(6)10(4,5)8-2/h9H,7-8H2,1-6H3/t9-/m1/s1. The van der Waals surface area contributed by atoms with E-state index < -0.39 is 0 Å². The van der Waals surface area contributed by atoms with Crippen LogP contribution in [-0.2, 0) is 0 Å². The van der Waals surface area contributed by atoms with Gasteiger partial charge in [-0.2, -0.15) is 0 Å². The lowest BCUT2D eigenvalue weighted by atomic mass is 9.97. The normalized spacial score (nSPS) is 15.5. The topological polar surface area (TPSA) is 3.24 Å². The molecule has 1 heteroatoms. The Kier molecular flexibility index (Phi) is 4.09. The number of hydrogen-bond donors (Lipinski definition) is 0. The first kappa shape index (κ1) is 11.0. The summed E-state index contributed by atoms with van der Waals surface area (Å²) in [6, 6.07) is 0.699. The van der Waals surface area contributed by atoms with Crippen LogP contribution in [0.4, 0.5) is 0 Å². The lowest BCUT2D eigenvalue weighted by Crippen LogP contribution is -2.45. The van der Waals surface area contributed by atoms with E-state index in [2.05, 4.69) is 46.6 Å². The van der Waals surface area contributed by atoms with E-state index in [1.165, 1.54) is 12.8 Å². The van der Waals surface area contributed by atoms with Crippen molar-refractivity contribution < 1.29 is 0 Å². The van der Waals surface area contributed by atoms with Crippen molar-refractivity contribution in [3.63, 3.8) is 0 Å². The molecular formula is C10H23N. The van der Waals surface area contributed by atoms with Crippen LogP contribution >= 0.6 is 0 Å². The summed E-state index contributed by atoms with van der Waals surface area (Å²) in [4.78, 5) is 2.47. The van der Waals surface area contributed by atoms with Crippen LogP contribution in [0.2, 0.25) is 0 Å². The molecule has 0 fully saturated rings. The first-order valence-electron chi connectivity index (χ1n) is 4.68. The van der Waals surface area contributed by atoms with Crippen LogP contribution in [0.5, 0.6) is 0 Å². The Labute approximate surface area is 71.8 Å². The molecule has 0 radical (unpaired) electrons. The molecule has 0 spiro atoms. The molecule has 68 valence electrons. The minimum Gasteiger partial charge on any atom is -0.299 e. The Hall–Kier alpha value is -0.0400. The van der Waals surface area contributed by atoms with Crippen LogP contribution < -0.4 is 0 Å². The predicted molar refractivity (Wildman–Crippen MR) is 51.9 cm³/mol. The molecule has 0 aliphatic rings. The van der Waals surface area contributed by atoms with Gasteiger partial charge in [0.25, 0.3) is 0 Å². The van der Waals surface area contributed by atoms with Crippen molar-refractivity contribution >= 4 is 0 Å². The second kappa shape index (κ2) is 4.10. The van der Waals surface area contributed by atoms with Crippen molar-refractivity contribution in [3.05, 3.63) is 0 Å². The van der Waals surface area contributed by atoms with E-state index in [0.717, 1.165) is 0 Å². The van der Waals surface area contributed by atoms with Gasteiger partial charge >= 0.3 is 0 Å². The maximum atomic E-state index is 2.47. The Morgan fingerprint density at radius 2 is 1.73 bits per heavy atom. The van der Waals surface area contributed by atoms with E-state index in [0.29, 0.717) is 11.6 Å². The Morgan fingerprint density at radius 3 is 2.00 bits per heavy atom. The summed E-state index contributed by atoms with van der Waals surface area (Å²) in [5, 5.41) is 0. The van der Waals surface area contributed by atoms with E-state index in [-0.39, 0.29) is 0 Å². The second-order valence-corrected chi connectivity index (χ2v) is 4.03. The number of rotatable bonds is 4. The van der Waals surface area contributed by atoms with Crippen molar-refractivity contribution in [2.45, 2.75) is 59.0 Å². The zero-order valence-corrected chi connectivity index (χ0v) is 8.94. The highest BCUT2D eigenvalue weighted by Gasteiger charge is 2.23. The molecule has 0 heterocycles. The summed E-state index contributed by atoms with van der Waals surface area (Å²) in [6.07, 6.45) is 2.45. The van der Waals surface area contributed by atoms with E-state index in [1.54, 1.807) is 0 Å². The van der Waals surface area contributed by atoms with Crippen molar-refractivity contribution in [2.75, 3.05) is 7.05 Å². The van der Waals surface area contributed by atoms with Gasteiger partial charge in [0, 0.05) is 11.6 Å². The summed E-state index contributed by atoms with van der Waals surface area (Å²) in [6.45, 7) is 11.4. The smallest absolute Gasteiger partial charge is 0.0150 e. The van der Waals surface area contributed by atoms with Gasteiger partial charge in [-0.1, -0.05) is 13.8 Å². The lowest BCUT2D eigenvalue weighted by Gasteiger charge is -2.39. The van der Waals surface area contributed by atoms with Crippen LogP contribution in [-0.4, -0.2) is 23.5 Å². The summed E-state index contributed by atoms with van der Waals surface area (Å²) >= 11 is 0. The third-order valence-corrected chi connectivity index (χ3v) is 3.07. The van der Waals surface area contributed by atoms with Crippen molar-refractivity contribution in [2.24, 2.45) is 0 Å². The molecule has 0 N–H and O–H groups in total. The number of nitrogens with zero attached hydrogens (tertiary/aromatic N) is 1. The van der Waals surface area contributed by atoms with Gasteiger partial charge < -0.3 is 0 Å². The van der Waals surface area contributed by atoms with E-state index in [9.17, 15) is 0 Å². The predicted octanol–water partition coefficient (Wildman–Crippen LogP) is 2.91. The molecule has 0 saturated carbocycles. The van der Waals surface area contributed by atoms with Crippen molar-refractivity contribution in [1.29, 1.82) is 0 Å². The molecule has 0 bridgehead atoms. The van der Waals surface area contributed by atoms with Crippen LogP contribution in [0.3, 0.4) is 0 Å². The van der Waals surface area contributed by atoms with Crippen molar-refractivity contribution in [1.82, 2.24) is 4.90 Å². The molecule has 0 aromatic rings. The fourth-order valence-corrected chi connectivity index (χ4v) is 1.12. The van der Waals surface area contributed by atoms with Gasteiger partial charge in [-0.05, 0) is 40.7 Å². The van der Waals surface area contributed by atoms with Gasteiger partial charge in [-0.3, -0.25) is 4.90 Å². The molecule has 1 atom stereocenters. The largest absolute Gasteiger partial charge is 0.299 e. The molecule has 0 aromatic heterocycles. The highest BCUT2D eigenvalue weighted by Crippen LogP contribution is 2.19. The summed E-state index contributed by atoms with van der Waals surface area (Å²) in [5.41, 5.74) is 0.357. The van der Waals surface area contributed by atoms with E-state index >= 15 is 0 Å². The summed E-state index contributed by atoms with van der Waals surface area (Å²) in [7, 11) is 2.22. The molecule has 11 heavy (non-hydrogen) atoms. The molecule has 0 rings (SSSR count). The third kappa shape index (κ3) is 2.82. The van der Waals surface area contributed by atoms with Gasteiger partial charge in [0.2, 0.25) is 0 Å². The Bertz CT molecular complexity index is 107. The fraction of sp³-hybridized carbons (Fsp3) is 1.00. The van der Waals surface area contributed by atoms with Gasteiger partial charge in [0.05, 0.1) is 0 Å². The monoisotopic (exact) mass is 157 g/mol. The van der Waals surface area contributed by atoms with Crippen LogP contribution in [0, 0.1) is 0 Å². The average Bonchev–Trinajstić information content (AvgIpc) is 2.01. The van der Waals surface area contributed by atoms with Gasteiger partial charge in [0.1, 0.15) is 0 Å². The lowest BCUT2D eigenvalue weighted by molar-refractivity contribution is 0.104. The minimum absolute atomic E-state index is 0.357. The highest BCUT2D eigenvalue weighted by molar-refractivity contribution is 4.80. The molecule has 0 aliphatic heterocycles. The zero-order chi connectivity index (χ0) is 9.07. The third-order valence-electron chi connectivity index (χ3n) is 3.07. The van der Waals surface area contributed by atoms with Gasteiger partial charge in [0.15, 0.2) is 0 Å². The molecule has 1 nitrogen and oxygen atoms in total. The first-order valence-corrected chi connectivity index (χ1v) is 4.68. The molecule has 0 aromatic carbocycles. The highest BCUT2D eigenvalue weighted by atomic mass is 15.2. The van der Waals surface area contributed by atoms with E-state index in [1.807, 2.05) is 0 Å². The summed E-state index contributed by atoms with van der Waals surface area (Å²) < 4.78 is 0. The maximum Gasteiger partial charge on any atom is 0.0150 e. The zero-order valence-electron chi connectivity index (χ0n) is 8.94. The average molecular weight is 157 g/mol. The maximum absolute atomic E-state index is 2.47. The molecule has 0 amide bonds. The Balaban J connectivity index is 4.10. The molecule has 0 unspecified atom stereocenters. The number of hydrogen-bond acceptors (Lipinski definition) is 1. The van der Waals surface area contributed by atoms with Gasteiger partial charge in [-0.15, -0.1) is 0 Å². The van der Waals surface area contributed by atoms with Crippen molar-refractivity contribution in [3.8, 4) is 0 Å². The van der Waals surface area contributed by atoms with Crippen LogP contribution in [0.15, 0.2) is 0 Å². The quantitative estimate of drug-likeness (QED) is 0.606. The van der Waals surface area contributed by atoms with Crippen LogP contribution in [0.1, 0.15) is 47.5 Å². The first-order chi connectivity index (χ1) is 4.95. The van der Waals surface area contributed by atoms with E-state index in [4.69, 9.17) is 0 Å². The van der Waals surface area contributed by atoms with Crippen LogP contribution in [0.25, 0.3) is 0 Å². The Morgan fingerprint density at radius 1 is 1.27 bits per heavy atom. The molecule has 0 aliphatic carbocycles. The SMILES string of the molecule is CC[C@@H](C)N(C)C(C)(C)CC.